The Balaban J connectivity index is 0.000000682. The van der Waals surface area contributed by atoms with Crippen LogP contribution in [0.4, 0.5) is 11.4 Å². The van der Waals surface area contributed by atoms with Gasteiger partial charge in [0.15, 0.2) is 0 Å². The summed E-state index contributed by atoms with van der Waals surface area (Å²) in [4.78, 5) is 67.8. The van der Waals surface area contributed by atoms with Crippen LogP contribution in [0.3, 0.4) is 0 Å². The first-order valence-electron chi connectivity index (χ1n) is 13.4. The van der Waals surface area contributed by atoms with E-state index in [2.05, 4.69) is 19.6 Å². The van der Waals surface area contributed by atoms with Crippen LogP contribution in [0, 0.1) is 6.57 Å². The summed E-state index contributed by atoms with van der Waals surface area (Å²) in [5, 5.41) is 20.0. The van der Waals surface area contributed by atoms with Gasteiger partial charge in [-0.2, -0.15) is 0 Å². The molecule has 2 aromatic rings. The standard InChI is InChI=1S/C14H14N2O3.C11H13NO4.C6H8O4.CH4/c1-4-19-14(18)13(15-3)9-11-5-7-12(8-6-11)16-10(2)17;12-9-3-1-7(2-4-9)8(5-10(13)14)6-11(15)16;1-6(2)9-4(7)3-5(8)10-6;/h5-9H,4H2,1-2H3,(H,16,17);1-4,8H,5-6,12H2,(H,13,14)(H,15,16);3H2,1-2H3;1H4/b13-9-;;;. The number of nitrogens with zero attached hydrogens (tertiary/aromatic N) is 1. The zero-order valence-corrected chi connectivity index (χ0v) is 25.2. The lowest BCUT2D eigenvalue weighted by Gasteiger charge is -2.28. The number of carboxylic acids is 2. The average molecular weight is 642 g/mol. The molecule has 1 heterocycles. The van der Waals surface area contributed by atoms with Gasteiger partial charge in [-0.25, -0.2) is 4.85 Å². The number of rotatable bonds is 9. The summed E-state index contributed by atoms with van der Waals surface area (Å²) < 4.78 is 14.1. The number of ether oxygens (including phenoxy) is 3. The highest BCUT2D eigenvalue weighted by Gasteiger charge is 2.34. The summed E-state index contributed by atoms with van der Waals surface area (Å²) in [5.74, 6) is -5.46. The highest BCUT2D eigenvalue weighted by molar-refractivity contribution is 5.96. The first-order chi connectivity index (χ1) is 21.0. The fraction of sp³-hybridized carbons (Fsp3) is 0.344. The van der Waals surface area contributed by atoms with Crippen LogP contribution in [-0.2, 0) is 43.0 Å². The van der Waals surface area contributed by atoms with Gasteiger partial charge in [0, 0.05) is 38.1 Å². The molecule has 1 fully saturated rings. The predicted molar refractivity (Wildman–Crippen MR) is 168 cm³/mol. The smallest absolute Gasteiger partial charge is 0.336 e. The number of aliphatic carboxylic acids is 2. The number of nitrogens with one attached hydrogen (secondary N) is 1. The van der Waals surface area contributed by atoms with Gasteiger partial charge < -0.3 is 35.5 Å². The van der Waals surface area contributed by atoms with E-state index in [0.717, 1.165) is 0 Å². The van der Waals surface area contributed by atoms with Crippen molar-refractivity contribution in [2.45, 2.75) is 66.1 Å². The molecule has 1 amide bonds. The molecular weight excluding hydrogens is 602 g/mol. The summed E-state index contributed by atoms with van der Waals surface area (Å²) >= 11 is 0. The number of esters is 3. The van der Waals surface area contributed by atoms with Crippen molar-refractivity contribution in [2.24, 2.45) is 0 Å². The van der Waals surface area contributed by atoms with Crippen molar-refractivity contribution in [3.8, 4) is 0 Å². The topological polar surface area (TPSA) is 213 Å². The van der Waals surface area contributed by atoms with E-state index < -0.39 is 41.6 Å². The van der Waals surface area contributed by atoms with Gasteiger partial charge in [0.05, 0.1) is 26.0 Å². The van der Waals surface area contributed by atoms with Gasteiger partial charge in [0.1, 0.15) is 6.42 Å². The number of carbonyl (C=O) groups is 6. The number of nitrogen functional groups attached to an aromatic ring is 1. The van der Waals surface area contributed by atoms with Gasteiger partial charge >= 0.3 is 29.8 Å². The molecule has 14 nitrogen and oxygen atoms in total. The minimum absolute atomic E-state index is 0. The molecule has 0 radical (unpaired) electrons. The van der Waals surface area contributed by atoms with Crippen LogP contribution in [0.2, 0.25) is 0 Å². The third-order valence-electron chi connectivity index (χ3n) is 5.40. The summed E-state index contributed by atoms with van der Waals surface area (Å²) in [6, 6.07) is 13.4. The quantitative estimate of drug-likeness (QED) is 0.0971. The second-order valence-electron chi connectivity index (χ2n) is 9.75. The highest BCUT2D eigenvalue weighted by atomic mass is 16.7. The lowest BCUT2D eigenvalue weighted by Crippen LogP contribution is -2.39. The van der Waals surface area contributed by atoms with Gasteiger partial charge in [-0.3, -0.25) is 28.8 Å². The van der Waals surface area contributed by atoms with Crippen LogP contribution >= 0.6 is 0 Å². The molecule has 3 rings (SSSR count). The van der Waals surface area contributed by atoms with Gasteiger partial charge in [-0.15, -0.1) is 0 Å². The lowest BCUT2D eigenvalue weighted by molar-refractivity contribution is -0.231. The maximum Gasteiger partial charge on any atom is 0.336 e. The number of nitrogens with two attached hydrogens (primary N) is 1. The Bertz CT molecular complexity index is 1410. The van der Waals surface area contributed by atoms with E-state index in [4.69, 9.17) is 27.3 Å². The van der Waals surface area contributed by atoms with Crippen LogP contribution < -0.4 is 11.1 Å². The number of carbonyl (C=O) groups excluding carboxylic acids is 4. The van der Waals surface area contributed by atoms with E-state index in [1.165, 1.54) is 26.8 Å². The van der Waals surface area contributed by atoms with Crippen molar-refractivity contribution < 1.29 is 53.2 Å². The number of hydrogen-bond donors (Lipinski definition) is 4. The van der Waals surface area contributed by atoms with Gasteiger partial charge in [-0.1, -0.05) is 31.7 Å². The number of hydrogen-bond acceptors (Lipinski definition) is 10. The lowest BCUT2D eigenvalue weighted by atomic mass is 9.92. The molecule has 14 heteroatoms. The Labute approximate surface area is 266 Å². The number of anilines is 2. The monoisotopic (exact) mass is 641 g/mol. The van der Waals surface area contributed by atoms with E-state index in [1.807, 2.05) is 0 Å². The van der Waals surface area contributed by atoms with Crippen molar-refractivity contribution in [3.63, 3.8) is 0 Å². The van der Waals surface area contributed by atoms with Crippen LogP contribution in [0.15, 0.2) is 54.2 Å². The first kappa shape index (κ1) is 40.3. The van der Waals surface area contributed by atoms with Crippen molar-refractivity contribution in [2.75, 3.05) is 17.7 Å². The van der Waals surface area contributed by atoms with Crippen molar-refractivity contribution in [1.29, 1.82) is 0 Å². The molecular formula is C32H39N3O11. The van der Waals surface area contributed by atoms with E-state index in [9.17, 15) is 28.8 Å². The molecule has 1 aliphatic heterocycles. The van der Waals surface area contributed by atoms with Crippen molar-refractivity contribution in [1.82, 2.24) is 0 Å². The Morgan fingerprint density at radius 2 is 1.50 bits per heavy atom. The summed E-state index contributed by atoms with van der Waals surface area (Å²) in [6.07, 6.45) is 0.776. The van der Waals surface area contributed by atoms with Crippen molar-refractivity contribution in [3.05, 3.63) is 76.8 Å². The molecule has 0 unspecified atom stereocenters. The van der Waals surface area contributed by atoms with Crippen LogP contribution in [0.25, 0.3) is 10.9 Å². The largest absolute Gasteiger partial charge is 0.481 e. The number of amides is 1. The fourth-order valence-electron chi connectivity index (χ4n) is 3.62. The van der Waals surface area contributed by atoms with E-state index in [1.54, 1.807) is 55.5 Å². The Morgan fingerprint density at radius 1 is 1.00 bits per heavy atom. The molecule has 1 saturated heterocycles. The molecule has 0 bridgehead atoms. The first-order valence-corrected chi connectivity index (χ1v) is 13.4. The molecule has 46 heavy (non-hydrogen) atoms. The summed E-state index contributed by atoms with van der Waals surface area (Å²) in [6.45, 7) is 13.3. The number of carboxylic acid groups (broad SMARTS) is 2. The zero-order valence-electron chi connectivity index (χ0n) is 25.2. The Hall–Kier alpha value is -5.71. The molecule has 0 spiro atoms. The minimum atomic E-state index is -1.08. The molecule has 248 valence electrons. The normalized spacial score (nSPS) is 13.0. The van der Waals surface area contributed by atoms with Crippen LogP contribution in [-0.4, -0.2) is 58.4 Å². The van der Waals surface area contributed by atoms with Crippen molar-refractivity contribution >= 4 is 53.2 Å². The zero-order chi connectivity index (χ0) is 34.2. The molecule has 0 aliphatic carbocycles. The van der Waals surface area contributed by atoms with Crippen LogP contribution in [0.5, 0.6) is 0 Å². The van der Waals surface area contributed by atoms with Gasteiger partial charge in [0.25, 0.3) is 11.5 Å². The third kappa shape index (κ3) is 16.2. The van der Waals surface area contributed by atoms with Crippen LogP contribution in [0.1, 0.15) is 71.4 Å². The van der Waals surface area contributed by atoms with Gasteiger partial charge in [0.2, 0.25) is 5.91 Å². The molecule has 0 saturated carbocycles. The molecule has 0 atom stereocenters. The highest BCUT2D eigenvalue weighted by Crippen LogP contribution is 2.24. The van der Waals surface area contributed by atoms with E-state index >= 15 is 0 Å². The maximum atomic E-state index is 11.4. The number of benzene rings is 2. The Morgan fingerprint density at radius 3 is 1.89 bits per heavy atom. The van der Waals surface area contributed by atoms with E-state index in [-0.39, 0.29) is 44.9 Å². The van der Waals surface area contributed by atoms with E-state index in [0.29, 0.717) is 22.5 Å². The fourth-order valence-corrected chi connectivity index (χ4v) is 3.62. The summed E-state index contributed by atoms with van der Waals surface area (Å²) in [7, 11) is 0. The predicted octanol–water partition coefficient (Wildman–Crippen LogP) is 4.62. The second kappa shape index (κ2) is 19.5. The second-order valence-corrected chi connectivity index (χ2v) is 9.75. The SMILES string of the molecule is C.CC1(C)OC(=O)CC(=O)O1.Nc1ccc(C(CC(=O)O)CC(=O)O)cc1.[C-]#[N+]/C(=C\c1ccc(NC(C)=O)cc1)C(=O)OCC. The third-order valence-corrected chi connectivity index (χ3v) is 5.40. The molecule has 5 N–H and O–H groups in total. The molecule has 0 aromatic heterocycles. The maximum absolute atomic E-state index is 11.4. The number of cyclic esters (lactones) is 2. The average Bonchev–Trinajstić information content (AvgIpc) is 2.91. The molecule has 2 aromatic carbocycles. The minimum Gasteiger partial charge on any atom is -0.481 e. The molecule has 1 aliphatic rings. The van der Waals surface area contributed by atoms with Gasteiger partial charge in [-0.05, 0) is 48.4 Å². The Kier molecular flexibility index (Phi) is 17.1. The summed E-state index contributed by atoms with van der Waals surface area (Å²) in [5.41, 5.74) is 8.01.